The lowest BCUT2D eigenvalue weighted by Gasteiger charge is -2.31. The van der Waals surface area contributed by atoms with E-state index in [0.717, 1.165) is 6.42 Å². The van der Waals surface area contributed by atoms with Crippen LogP contribution >= 0.6 is 0 Å². The predicted molar refractivity (Wildman–Crippen MR) is 82.0 cm³/mol. The van der Waals surface area contributed by atoms with Gasteiger partial charge in [-0.1, -0.05) is 26.2 Å². The van der Waals surface area contributed by atoms with Crippen molar-refractivity contribution in [3.05, 3.63) is 23.5 Å². The van der Waals surface area contributed by atoms with Crippen molar-refractivity contribution in [2.75, 3.05) is 11.1 Å². The average Bonchev–Trinajstić information content (AvgIpc) is 2.48. The highest BCUT2D eigenvalue weighted by Gasteiger charge is 2.23. The first-order chi connectivity index (χ1) is 10.0. The van der Waals surface area contributed by atoms with E-state index in [9.17, 15) is 9.18 Å². The first-order valence-corrected chi connectivity index (χ1v) is 7.61. The molecule has 1 unspecified atom stereocenters. The van der Waals surface area contributed by atoms with Gasteiger partial charge in [-0.15, -0.1) is 0 Å². The lowest BCUT2D eigenvalue weighted by molar-refractivity contribution is 0.0692. The molecule has 4 N–H and O–H groups in total. The van der Waals surface area contributed by atoms with Gasteiger partial charge in [0.15, 0.2) is 0 Å². The molecule has 0 spiro atoms. The van der Waals surface area contributed by atoms with E-state index in [1.54, 1.807) is 0 Å². The van der Waals surface area contributed by atoms with E-state index < -0.39 is 11.8 Å². The molecule has 5 heteroatoms. The van der Waals surface area contributed by atoms with Crippen molar-refractivity contribution in [2.24, 2.45) is 5.92 Å². The topological polar surface area (TPSA) is 75.3 Å². The van der Waals surface area contributed by atoms with E-state index in [1.807, 2.05) is 0 Å². The van der Waals surface area contributed by atoms with Crippen LogP contribution in [0.2, 0.25) is 0 Å². The van der Waals surface area contributed by atoms with Gasteiger partial charge in [0.25, 0.3) is 0 Å². The molecule has 1 aliphatic rings. The van der Waals surface area contributed by atoms with Crippen LogP contribution in [-0.4, -0.2) is 17.1 Å². The second-order valence-corrected chi connectivity index (χ2v) is 5.78. The molecule has 21 heavy (non-hydrogen) atoms. The van der Waals surface area contributed by atoms with Crippen LogP contribution in [0.15, 0.2) is 12.1 Å². The molecule has 0 bridgehead atoms. The Morgan fingerprint density at radius 3 is 2.67 bits per heavy atom. The summed E-state index contributed by atoms with van der Waals surface area (Å²) in [7, 11) is 0. The number of nitrogen functional groups attached to an aromatic ring is 1. The van der Waals surface area contributed by atoms with E-state index in [1.165, 1.54) is 44.2 Å². The molecule has 4 nitrogen and oxygen atoms in total. The number of rotatable bonds is 5. The normalized spacial score (nSPS) is 17.4. The average molecular weight is 294 g/mol. The maximum absolute atomic E-state index is 13.8. The van der Waals surface area contributed by atoms with Crippen LogP contribution in [-0.2, 0) is 0 Å². The third-order valence-corrected chi connectivity index (χ3v) is 4.37. The van der Waals surface area contributed by atoms with Gasteiger partial charge in [-0.2, -0.15) is 0 Å². The highest BCUT2D eigenvalue weighted by molar-refractivity contribution is 5.90. The van der Waals surface area contributed by atoms with Gasteiger partial charge >= 0.3 is 5.97 Å². The second-order valence-electron chi connectivity index (χ2n) is 5.78. The number of halogens is 1. The molecule has 0 amide bonds. The minimum atomic E-state index is -1.30. The van der Waals surface area contributed by atoms with Crippen molar-refractivity contribution in [1.82, 2.24) is 0 Å². The Hall–Kier alpha value is -1.78. The Morgan fingerprint density at radius 2 is 2.10 bits per heavy atom. The molecular formula is C16H23FN2O2. The second kappa shape index (κ2) is 6.78. The summed E-state index contributed by atoms with van der Waals surface area (Å²) in [5.41, 5.74) is 6.26. The van der Waals surface area contributed by atoms with E-state index >= 15 is 0 Å². The van der Waals surface area contributed by atoms with Crippen LogP contribution in [0.5, 0.6) is 0 Å². The third-order valence-electron chi connectivity index (χ3n) is 4.37. The molecule has 0 saturated heterocycles. The maximum atomic E-state index is 13.8. The van der Waals surface area contributed by atoms with Crippen LogP contribution in [0, 0.1) is 11.7 Å². The Kier molecular flexibility index (Phi) is 5.04. The molecule has 116 valence electrons. The van der Waals surface area contributed by atoms with Crippen LogP contribution in [0.3, 0.4) is 0 Å². The van der Waals surface area contributed by atoms with Crippen molar-refractivity contribution in [1.29, 1.82) is 0 Å². The zero-order valence-corrected chi connectivity index (χ0v) is 12.4. The molecule has 2 rings (SSSR count). The van der Waals surface area contributed by atoms with Crippen LogP contribution in [0.25, 0.3) is 0 Å². The lowest BCUT2D eigenvalue weighted by Crippen LogP contribution is -2.30. The number of carbonyl (C=O) groups is 1. The number of nitrogens with one attached hydrogen (secondary N) is 1. The molecule has 1 aromatic rings. The standard InChI is InChI=1S/C16H23FN2O2/c1-2-14(10-6-4-3-5-7-10)19-15-9-12(17)11(16(20)21)8-13(15)18/h8-10,14,19H,2-7,18H2,1H3,(H,20,21). The van der Waals surface area contributed by atoms with Gasteiger partial charge in [-0.3, -0.25) is 0 Å². The van der Waals surface area contributed by atoms with Crippen molar-refractivity contribution in [3.63, 3.8) is 0 Å². The summed E-state index contributed by atoms with van der Waals surface area (Å²) in [6.07, 6.45) is 7.07. The first kappa shape index (κ1) is 15.6. The van der Waals surface area contributed by atoms with Crippen molar-refractivity contribution in [2.45, 2.75) is 51.5 Å². The molecule has 0 radical (unpaired) electrons. The highest BCUT2D eigenvalue weighted by atomic mass is 19.1. The van der Waals surface area contributed by atoms with E-state index in [4.69, 9.17) is 10.8 Å². The number of benzene rings is 1. The van der Waals surface area contributed by atoms with Gasteiger partial charge in [0, 0.05) is 6.04 Å². The van der Waals surface area contributed by atoms with Crippen LogP contribution in [0.1, 0.15) is 55.8 Å². The molecular weight excluding hydrogens is 271 g/mol. The fraction of sp³-hybridized carbons (Fsp3) is 0.562. The fourth-order valence-corrected chi connectivity index (χ4v) is 3.17. The van der Waals surface area contributed by atoms with Gasteiger partial charge < -0.3 is 16.2 Å². The maximum Gasteiger partial charge on any atom is 0.338 e. The molecule has 1 atom stereocenters. The van der Waals surface area contributed by atoms with Crippen LogP contribution < -0.4 is 11.1 Å². The Labute approximate surface area is 124 Å². The zero-order chi connectivity index (χ0) is 15.4. The molecule has 0 aliphatic heterocycles. The van der Waals surface area contributed by atoms with Crippen molar-refractivity contribution < 1.29 is 14.3 Å². The summed E-state index contributed by atoms with van der Waals surface area (Å²) < 4.78 is 13.8. The summed E-state index contributed by atoms with van der Waals surface area (Å²) in [5.74, 6) is -1.48. The summed E-state index contributed by atoms with van der Waals surface area (Å²) in [5, 5.41) is 12.2. The number of anilines is 2. The number of hydrogen-bond donors (Lipinski definition) is 3. The van der Waals surface area contributed by atoms with E-state index in [-0.39, 0.29) is 17.3 Å². The van der Waals surface area contributed by atoms with Gasteiger partial charge in [0.2, 0.25) is 0 Å². The number of carboxylic acids is 1. The number of carboxylic acid groups (broad SMARTS) is 1. The number of nitrogens with two attached hydrogens (primary N) is 1. The summed E-state index contributed by atoms with van der Waals surface area (Å²) >= 11 is 0. The van der Waals surface area contributed by atoms with Gasteiger partial charge in [0.05, 0.1) is 16.9 Å². The Balaban J connectivity index is 2.17. The quantitative estimate of drug-likeness (QED) is 0.720. The first-order valence-electron chi connectivity index (χ1n) is 7.61. The van der Waals surface area contributed by atoms with E-state index in [0.29, 0.717) is 11.6 Å². The number of hydrogen-bond acceptors (Lipinski definition) is 3. The number of aromatic carboxylic acids is 1. The predicted octanol–water partition coefficient (Wildman–Crippen LogP) is 3.88. The molecule has 1 saturated carbocycles. The highest BCUT2D eigenvalue weighted by Crippen LogP contribution is 2.31. The molecule has 0 heterocycles. The van der Waals surface area contributed by atoms with Crippen LogP contribution in [0.4, 0.5) is 15.8 Å². The van der Waals surface area contributed by atoms with Crippen molar-refractivity contribution >= 4 is 17.3 Å². The van der Waals surface area contributed by atoms with Gasteiger partial charge in [-0.25, -0.2) is 9.18 Å². The fourth-order valence-electron chi connectivity index (χ4n) is 3.17. The molecule has 1 aromatic carbocycles. The summed E-state index contributed by atoms with van der Waals surface area (Å²) in [6.45, 7) is 2.10. The minimum absolute atomic E-state index is 0.252. The minimum Gasteiger partial charge on any atom is -0.478 e. The monoisotopic (exact) mass is 294 g/mol. The molecule has 1 aliphatic carbocycles. The van der Waals surface area contributed by atoms with Gasteiger partial charge in [0.1, 0.15) is 5.82 Å². The molecule has 0 aromatic heterocycles. The molecule has 1 fully saturated rings. The van der Waals surface area contributed by atoms with E-state index in [2.05, 4.69) is 12.2 Å². The largest absolute Gasteiger partial charge is 0.478 e. The zero-order valence-electron chi connectivity index (χ0n) is 12.4. The Bertz CT molecular complexity index is 513. The lowest BCUT2D eigenvalue weighted by atomic mass is 9.83. The third kappa shape index (κ3) is 3.65. The smallest absolute Gasteiger partial charge is 0.338 e. The Morgan fingerprint density at radius 1 is 1.43 bits per heavy atom. The van der Waals surface area contributed by atoms with Gasteiger partial charge in [-0.05, 0) is 37.3 Å². The summed E-state index contributed by atoms with van der Waals surface area (Å²) in [4.78, 5) is 10.9. The SMILES string of the molecule is CCC(Nc1cc(F)c(C(=O)O)cc1N)C1CCCCC1. The van der Waals surface area contributed by atoms with Crippen molar-refractivity contribution in [3.8, 4) is 0 Å². The summed E-state index contributed by atoms with van der Waals surface area (Å²) in [6, 6.07) is 2.64.